The maximum Gasteiger partial charge on any atom is 0.416 e. The largest absolute Gasteiger partial charge is 0.416 e. The second-order valence-electron chi connectivity index (χ2n) is 5.52. The Morgan fingerprint density at radius 1 is 1.16 bits per heavy atom. The Morgan fingerprint density at radius 2 is 1.84 bits per heavy atom. The molecule has 0 fully saturated rings. The van der Waals surface area contributed by atoms with Crippen LogP contribution < -0.4 is 5.56 Å². The van der Waals surface area contributed by atoms with Gasteiger partial charge < -0.3 is 9.51 Å². The number of rotatable bonds is 3. The van der Waals surface area contributed by atoms with Crippen LogP contribution in [0.3, 0.4) is 0 Å². The van der Waals surface area contributed by atoms with E-state index < -0.39 is 11.7 Å². The summed E-state index contributed by atoms with van der Waals surface area (Å²) in [6, 6.07) is 5.99. The second-order valence-corrected chi connectivity index (χ2v) is 5.52. The molecule has 0 saturated heterocycles. The highest BCUT2D eigenvalue weighted by Gasteiger charge is 2.30. The summed E-state index contributed by atoms with van der Waals surface area (Å²) in [6.45, 7) is 3.36. The van der Waals surface area contributed by atoms with Crippen LogP contribution in [0, 0.1) is 6.92 Å². The van der Waals surface area contributed by atoms with Crippen molar-refractivity contribution in [3.05, 3.63) is 63.5 Å². The highest BCUT2D eigenvalue weighted by atomic mass is 19.4. The van der Waals surface area contributed by atoms with E-state index in [0.29, 0.717) is 11.4 Å². The summed E-state index contributed by atoms with van der Waals surface area (Å²) in [4.78, 5) is 22.3. The first kappa shape index (κ1) is 16.9. The summed E-state index contributed by atoms with van der Waals surface area (Å²) in [5.41, 5.74) is -0.228. The first-order chi connectivity index (χ1) is 11.7. The van der Waals surface area contributed by atoms with E-state index in [1.165, 1.54) is 18.2 Å². The molecule has 9 heteroatoms. The number of aromatic nitrogens is 4. The van der Waals surface area contributed by atoms with Gasteiger partial charge in [-0.1, -0.05) is 24.2 Å². The Hall–Kier alpha value is -2.97. The standard InChI is InChI=1S/C16H13F3N4O2/c1-8(10-3-5-11(6-4-10)16(17,18)19)14-22-15(25-23-14)12-7-13(24)21-9(2)20-12/h3-8H,1-2H3,(H,20,21,24). The van der Waals surface area contributed by atoms with Gasteiger partial charge in [-0.05, 0) is 24.6 Å². The number of alkyl halides is 3. The lowest BCUT2D eigenvalue weighted by Crippen LogP contribution is -2.08. The van der Waals surface area contributed by atoms with Gasteiger partial charge in [0.15, 0.2) is 5.82 Å². The molecular weight excluding hydrogens is 337 g/mol. The number of H-pyrrole nitrogens is 1. The van der Waals surface area contributed by atoms with E-state index in [4.69, 9.17) is 4.52 Å². The molecule has 1 atom stereocenters. The van der Waals surface area contributed by atoms with E-state index in [2.05, 4.69) is 20.1 Å². The Bertz CT molecular complexity index is 945. The number of benzene rings is 1. The predicted octanol–water partition coefficient (Wildman–Crippen LogP) is 3.30. The fraction of sp³-hybridized carbons (Fsp3) is 0.250. The normalized spacial score (nSPS) is 13.0. The summed E-state index contributed by atoms with van der Waals surface area (Å²) >= 11 is 0. The average Bonchev–Trinajstić information content (AvgIpc) is 3.02. The molecule has 25 heavy (non-hydrogen) atoms. The highest BCUT2D eigenvalue weighted by molar-refractivity contribution is 5.45. The van der Waals surface area contributed by atoms with Crippen molar-refractivity contribution in [2.45, 2.75) is 25.9 Å². The quantitative estimate of drug-likeness (QED) is 0.783. The fourth-order valence-corrected chi connectivity index (χ4v) is 2.31. The van der Waals surface area contributed by atoms with Crippen molar-refractivity contribution >= 4 is 0 Å². The highest BCUT2D eigenvalue weighted by Crippen LogP contribution is 2.31. The fourth-order valence-electron chi connectivity index (χ4n) is 2.31. The molecule has 0 spiro atoms. The average molecular weight is 350 g/mol. The third kappa shape index (κ3) is 3.59. The van der Waals surface area contributed by atoms with Crippen molar-refractivity contribution in [3.8, 4) is 11.6 Å². The van der Waals surface area contributed by atoms with Crippen molar-refractivity contribution in [3.63, 3.8) is 0 Å². The molecule has 1 aromatic carbocycles. The topological polar surface area (TPSA) is 84.7 Å². The summed E-state index contributed by atoms with van der Waals surface area (Å²) in [6.07, 6.45) is -4.38. The molecule has 0 aliphatic rings. The molecule has 1 N–H and O–H groups in total. The Kier molecular flexibility index (Phi) is 4.15. The van der Waals surface area contributed by atoms with Crippen molar-refractivity contribution in [1.29, 1.82) is 0 Å². The van der Waals surface area contributed by atoms with Crippen LogP contribution in [-0.2, 0) is 6.18 Å². The van der Waals surface area contributed by atoms with Crippen LogP contribution in [0.4, 0.5) is 13.2 Å². The molecule has 0 radical (unpaired) electrons. The summed E-state index contributed by atoms with van der Waals surface area (Å²) < 4.78 is 43.0. The minimum Gasteiger partial charge on any atom is -0.332 e. The van der Waals surface area contributed by atoms with Gasteiger partial charge in [-0.15, -0.1) is 0 Å². The van der Waals surface area contributed by atoms with E-state index in [-0.39, 0.29) is 28.9 Å². The first-order valence-electron chi connectivity index (χ1n) is 7.33. The van der Waals surface area contributed by atoms with Gasteiger partial charge in [0, 0.05) is 12.0 Å². The third-order valence-corrected chi connectivity index (χ3v) is 3.65. The van der Waals surface area contributed by atoms with Crippen molar-refractivity contribution in [2.75, 3.05) is 0 Å². The molecule has 6 nitrogen and oxygen atoms in total. The van der Waals surface area contributed by atoms with Crippen LogP contribution in [0.1, 0.15) is 35.6 Å². The van der Waals surface area contributed by atoms with Crippen molar-refractivity contribution in [1.82, 2.24) is 20.1 Å². The number of hydrogen-bond acceptors (Lipinski definition) is 5. The number of nitrogens with one attached hydrogen (secondary N) is 1. The predicted molar refractivity (Wildman–Crippen MR) is 81.8 cm³/mol. The van der Waals surface area contributed by atoms with Gasteiger partial charge in [-0.25, -0.2) is 4.98 Å². The van der Waals surface area contributed by atoms with Crippen LogP contribution in [0.5, 0.6) is 0 Å². The van der Waals surface area contributed by atoms with Gasteiger partial charge in [0.05, 0.1) is 5.56 Å². The number of hydrogen-bond donors (Lipinski definition) is 1. The molecule has 0 saturated carbocycles. The van der Waals surface area contributed by atoms with E-state index in [9.17, 15) is 18.0 Å². The first-order valence-corrected chi connectivity index (χ1v) is 7.33. The molecule has 1 unspecified atom stereocenters. The molecule has 0 bridgehead atoms. The molecule has 2 aromatic heterocycles. The number of aryl methyl sites for hydroxylation is 1. The summed E-state index contributed by atoms with van der Waals surface area (Å²) in [5.74, 6) is 0.373. The van der Waals surface area contributed by atoms with Gasteiger partial charge in [-0.2, -0.15) is 18.2 Å². The van der Waals surface area contributed by atoms with E-state index in [0.717, 1.165) is 12.1 Å². The zero-order valence-electron chi connectivity index (χ0n) is 13.3. The SMILES string of the molecule is Cc1nc(-c2nc(C(C)c3ccc(C(F)(F)F)cc3)no2)cc(=O)[nH]1. The van der Waals surface area contributed by atoms with Gasteiger partial charge in [-0.3, -0.25) is 4.79 Å². The Balaban J connectivity index is 1.87. The Labute approximate surface area is 139 Å². The maximum absolute atomic E-state index is 12.6. The molecular formula is C16H13F3N4O2. The lowest BCUT2D eigenvalue weighted by atomic mass is 9.99. The summed E-state index contributed by atoms with van der Waals surface area (Å²) in [5, 5.41) is 3.84. The van der Waals surface area contributed by atoms with Crippen LogP contribution in [0.2, 0.25) is 0 Å². The zero-order valence-corrected chi connectivity index (χ0v) is 13.3. The molecule has 3 aromatic rings. The molecule has 2 heterocycles. The maximum atomic E-state index is 12.6. The van der Waals surface area contributed by atoms with E-state index in [1.807, 2.05) is 0 Å². The second kappa shape index (κ2) is 6.15. The number of halogens is 3. The number of aromatic amines is 1. The van der Waals surface area contributed by atoms with Crippen molar-refractivity contribution < 1.29 is 17.7 Å². The lowest BCUT2D eigenvalue weighted by Gasteiger charge is -2.10. The Morgan fingerprint density at radius 3 is 2.44 bits per heavy atom. The van der Waals surface area contributed by atoms with Crippen LogP contribution in [0.25, 0.3) is 11.6 Å². The molecule has 130 valence electrons. The molecule has 3 rings (SSSR count). The van der Waals surface area contributed by atoms with E-state index >= 15 is 0 Å². The molecule has 0 aliphatic carbocycles. The van der Waals surface area contributed by atoms with Crippen molar-refractivity contribution in [2.24, 2.45) is 0 Å². The molecule has 0 aliphatic heterocycles. The smallest absolute Gasteiger partial charge is 0.332 e. The third-order valence-electron chi connectivity index (χ3n) is 3.65. The van der Waals surface area contributed by atoms with E-state index in [1.54, 1.807) is 13.8 Å². The molecule has 0 amide bonds. The van der Waals surface area contributed by atoms with Crippen LogP contribution in [-0.4, -0.2) is 20.1 Å². The van der Waals surface area contributed by atoms with Crippen LogP contribution in [0.15, 0.2) is 39.6 Å². The summed E-state index contributed by atoms with van der Waals surface area (Å²) in [7, 11) is 0. The minimum atomic E-state index is -4.38. The number of nitrogens with zero attached hydrogens (tertiary/aromatic N) is 3. The van der Waals surface area contributed by atoms with Gasteiger partial charge in [0.1, 0.15) is 11.5 Å². The van der Waals surface area contributed by atoms with Gasteiger partial charge in [0.25, 0.3) is 11.4 Å². The lowest BCUT2D eigenvalue weighted by molar-refractivity contribution is -0.137. The van der Waals surface area contributed by atoms with Crippen LogP contribution >= 0.6 is 0 Å². The zero-order chi connectivity index (χ0) is 18.2. The van der Waals surface area contributed by atoms with Gasteiger partial charge >= 0.3 is 6.18 Å². The van der Waals surface area contributed by atoms with Gasteiger partial charge in [0.2, 0.25) is 0 Å². The minimum absolute atomic E-state index is 0.0722. The monoisotopic (exact) mass is 350 g/mol.